The number of nitrogens with zero attached hydrogens (tertiary/aromatic N) is 1. The summed E-state index contributed by atoms with van der Waals surface area (Å²) < 4.78 is 2.22. The van der Waals surface area contributed by atoms with Crippen molar-refractivity contribution < 1.29 is 4.79 Å². The van der Waals surface area contributed by atoms with Crippen LogP contribution in [0.4, 0.5) is 0 Å². The first-order valence-electron chi connectivity index (χ1n) is 6.51. The predicted molar refractivity (Wildman–Crippen MR) is 72.0 cm³/mol. The lowest BCUT2D eigenvalue weighted by atomic mass is 9.97. The highest BCUT2D eigenvalue weighted by molar-refractivity contribution is 5.98. The molecule has 0 amide bonds. The quantitative estimate of drug-likeness (QED) is 0.787. The molecule has 0 atom stereocenters. The van der Waals surface area contributed by atoms with Crippen molar-refractivity contribution in [3.05, 3.63) is 58.9 Å². The maximum absolute atomic E-state index is 11.8. The molecule has 3 rings (SSSR count). The Kier molecular flexibility index (Phi) is 2.78. The van der Waals surface area contributed by atoms with E-state index in [0.717, 1.165) is 24.9 Å². The Morgan fingerprint density at radius 1 is 1.11 bits per heavy atom. The van der Waals surface area contributed by atoms with E-state index in [-0.39, 0.29) is 0 Å². The number of carbonyl (C=O) groups excluding carboxylic acids is 1. The number of ketones is 1. The van der Waals surface area contributed by atoms with E-state index in [2.05, 4.69) is 35.8 Å². The Labute approximate surface area is 107 Å². The topological polar surface area (TPSA) is 22.0 Å². The van der Waals surface area contributed by atoms with Crippen LogP contribution in [0.1, 0.15) is 40.0 Å². The van der Waals surface area contributed by atoms with Crippen LogP contribution in [0.15, 0.2) is 36.5 Å². The summed E-state index contributed by atoms with van der Waals surface area (Å²) in [6, 6.07) is 10.6. The second kappa shape index (κ2) is 4.45. The van der Waals surface area contributed by atoms with Gasteiger partial charge in [-0.3, -0.25) is 4.79 Å². The average molecular weight is 239 g/mol. The maximum atomic E-state index is 11.8. The minimum absolute atomic E-state index is 0.305. The fourth-order valence-corrected chi connectivity index (χ4v) is 2.63. The van der Waals surface area contributed by atoms with Gasteiger partial charge in [-0.25, -0.2) is 0 Å². The molecule has 1 aliphatic carbocycles. The predicted octanol–water partition coefficient (Wildman–Crippen LogP) is 3.36. The zero-order chi connectivity index (χ0) is 12.5. The Morgan fingerprint density at radius 2 is 1.89 bits per heavy atom. The number of hydrogen-bond donors (Lipinski definition) is 0. The van der Waals surface area contributed by atoms with Gasteiger partial charge < -0.3 is 4.57 Å². The van der Waals surface area contributed by atoms with Crippen molar-refractivity contribution >= 4 is 5.78 Å². The van der Waals surface area contributed by atoms with Crippen LogP contribution in [-0.4, -0.2) is 10.4 Å². The minimum Gasteiger partial charge on any atom is -0.346 e. The van der Waals surface area contributed by atoms with Gasteiger partial charge in [-0.2, -0.15) is 0 Å². The summed E-state index contributed by atoms with van der Waals surface area (Å²) in [5.41, 5.74) is 4.72. The number of aromatic nitrogens is 1. The molecular formula is C16H17NO. The summed E-state index contributed by atoms with van der Waals surface area (Å²) in [5, 5.41) is 0. The van der Waals surface area contributed by atoms with Crippen LogP contribution in [0.3, 0.4) is 0 Å². The van der Waals surface area contributed by atoms with Gasteiger partial charge in [-0.05, 0) is 31.4 Å². The number of rotatable bonds is 2. The van der Waals surface area contributed by atoms with Crippen LogP contribution in [0.25, 0.3) is 0 Å². The van der Waals surface area contributed by atoms with Crippen LogP contribution in [0, 0.1) is 6.92 Å². The van der Waals surface area contributed by atoms with E-state index in [1.54, 1.807) is 0 Å². The highest BCUT2D eigenvalue weighted by atomic mass is 16.1. The van der Waals surface area contributed by atoms with Crippen molar-refractivity contribution in [3.8, 4) is 0 Å². The van der Waals surface area contributed by atoms with Gasteiger partial charge in [0.25, 0.3) is 0 Å². The molecule has 0 fully saturated rings. The minimum atomic E-state index is 0.305. The molecule has 1 heterocycles. The first-order chi connectivity index (χ1) is 8.74. The van der Waals surface area contributed by atoms with E-state index in [1.807, 2.05) is 12.3 Å². The van der Waals surface area contributed by atoms with Gasteiger partial charge in [0.15, 0.2) is 5.78 Å². The Hall–Kier alpha value is -1.83. The Morgan fingerprint density at radius 3 is 2.67 bits per heavy atom. The normalized spacial score (nSPS) is 14.6. The molecule has 1 aromatic heterocycles. The third-order valence-corrected chi connectivity index (χ3v) is 3.67. The molecular weight excluding hydrogens is 222 g/mol. The van der Waals surface area contributed by atoms with Crippen LogP contribution < -0.4 is 0 Å². The summed E-state index contributed by atoms with van der Waals surface area (Å²) in [6.45, 7) is 2.96. The molecule has 0 saturated carbocycles. The third kappa shape index (κ3) is 1.99. The molecule has 0 aliphatic heterocycles. The number of aryl methyl sites for hydroxylation is 1. The fraction of sp³-hybridized carbons (Fsp3) is 0.312. The van der Waals surface area contributed by atoms with Gasteiger partial charge in [0.1, 0.15) is 0 Å². The standard InChI is InChI=1S/C16H17NO/c1-12-5-7-13(8-6-12)11-17-10-9-14-15(17)3-2-4-16(14)18/h5-10H,2-4,11H2,1H3. The Balaban J connectivity index is 1.89. The van der Waals surface area contributed by atoms with Gasteiger partial charge >= 0.3 is 0 Å². The molecule has 0 unspecified atom stereocenters. The van der Waals surface area contributed by atoms with E-state index < -0.39 is 0 Å². The number of fused-ring (bicyclic) bond motifs is 1. The molecule has 2 nitrogen and oxygen atoms in total. The zero-order valence-corrected chi connectivity index (χ0v) is 10.6. The first-order valence-corrected chi connectivity index (χ1v) is 6.51. The van der Waals surface area contributed by atoms with Crippen molar-refractivity contribution in [2.45, 2.75) is 32.7 Å². The second-order valence-electron chi connectivity index (χ2n) is 5.07. The maximum Gasteiger partial charge on any atom is 0.164 e. The summed E-state index contributed by atoms with van der Waals surface area (Å²) in [5.74, 6) is 0.305. The van der Waals surface area contributed by atoms with Gasteiger partial charge in [0.2, 0.25) is 0 Å². The van der Waals surface area contributed by atoms with E-state index in [4.69, 9.17) is 0 Å². The second-order valence-corrected chi connectivity index (χ2v) is 5.07. The SMILES string of the molecule is Cc1ccc(Cn2ccc3c2CCCC3=O)cc1. The lowest BCUT2D eigenvalue weighted by Gasteiger charge is -2.15. The molecule has 92 valence electrons. The van der Waals surface area contributed by atoms with E-state index >= 15 is 0 Å². The molecule has 0 radical (unpaired) electrons. The van der Waals surface area contributed by atoms with E-state index in [1.165, 1.54) is 16.8 Å². The van der Waals surface area contributed by atoms with Crippen LogP contribution in [0.5, 0.6) is 0 Å². The van der Waals surface area contributed by atoms with Crippen molar-refractivity contribution in [2.75, 3.05) is 0 Å². The zero-order valence-electron chi connectivity index (χ0n) is 10.6. The molecule has 0 spiro atoms. The van der Waals surface area contributed by atoms with Crippen LogP contribution >= 0.6 is 0 Å². The number of hydrogen-bond acceptors (Lipinski definition) is 1. The summed E-state index contributed by atoms with van der Waals surface area (Å²) in [7, 11) is 0. The molecule has 0 N–H and O–H groups in total. The smallest absolute Gasteiger partial charge is 0.164 e. The van der Waals surface area contributed by atoms with E-state index in [9.17, 15) is 4.79 Å². The molecule has 0 saturated heterocycles. The van der Waals surface area contributed by atoms with Crippen LogP contribution in [-0.2, 0) is 13.0 Å². The molecule has 2 heteroatoms. The van der Waals surface area contributed by atoms with Gasteiger partial charge in [-0.1, -0.05) is 29.8 Å². The number of carbonyl (C=O) groups is 1. The molecule has 0 bridgehead atoms. The van der Waals surface area contributed by atoms with E-state index in [0.29, 0.717) is 12.2 Å². The Bertz CT molecular complexity index is 578. The fourth-order valence-electron chi connectivity index (χ4n) is 2.63. The van der Waals surface area contributed by atoms with Crippen molar-refractivity contribution in [1.29, 1.82) is 0 Å². The molecule has 18 heavy (non-hydrogen) atoms. The molecule has 2 aromatic rings. The first kappa shape index (κ1) is 11.3. The number of benzene rings is 1. The highest BCUT2D eigenvalue weighted by Gasteiger charge is 2.20. The average Bonchev–Trinajstić information content (AvgIpc) is 2.77. The van der Waals surface area contributed by atoms with Crippen molar-refractivity contribution in [3.63, 3.8) is 0 Å². The number of Topliss-reactive ketones (excluding diaryl/α,β-unsaturated/α-hetero) is 1. The summed E-state index contributed by atoms with van der Waals surface area (Å²) in [4.78, 5) is 11.8. The monoisotopic (exact) mass is 239 g/mol. The van der Waals surface area contributed by atoms with Gasteiger partial charge in [0.05, 0.1) is 0 Å². The highest BCUT2D eigenvalue weighted by Crippen LogP contribution is 2.23. The molecule has 1 aliphatic rings. The largest absolute Gasteiger partial charge is 0.346 e. The lowest BCUT2D eigenvalue weighted by Crippen LogP contribution is -2.13. The van der Waals surface area contributed by atoms with Gasteiger partial charge in [0, 0.05) is 30.4 Å². The van der Waals surface area contributed by atoms with Crippen molar-refractivity contribution in [1.82, 2.24) is 4.57 Å². The van der Waals surface area contributed by atoms with Crippen LogP contribution in [0.2, 0.25) is 0 Å². The molecule has 1 aromatic carbocycles. The van der Waals surface area contributed by atoms with Gasteiger partial charge in [-0.15, -0.1) is 0 Å². The summed E-state index contributed by atoms with van der Waals surface area (Å²) in [6.07, 6.45) is 4.78. The lowest BCUT2D eigenvalue weighted by molar-refractivity contribution is 0.0972. The summed E-state index contributed by atoms with van der Waals surface area (Å²) >= 11 is 0. The third-order valence-electron chi connectivity index (χ3n) is 3.67. The van der Waals surface area contributed by atoms with Crippen molar-refractivity contribution in [2.24, 2.45) is 0 Å².